The Bertz CT molecular complexity index is 362. The highest BCUT2D eigenvalue weighted by Crippen LogP contribution is 2.21. The molecule has 0 N–H and O–H groups in total. The van der Waals surface area contributed by atoms with Gasteiger partial charge in [0.2, 0.25) is 0 Å². The molecule has 0 aromatic heterocycles. The summed E-state index contributed by atoms with van der Waals surface area (Å²) in [5.41, 5.74) is 0. The zero-order valence-electron chi connectivity index (χ0n) is 11.9. The lowest BCUT2D eigenvalue weighted by atomic mass is 10.1. The van der Waals surface area contributed by atoms with Gasteiger partial charge in [0.25, 0.3) is 10.2 Å². The van der Waals surface area contributed by atoms with E-state index in [1.54, 1.807) is 8.61 Å². The molecule has 0 amide bonds. The summed E-state index contributed by atoms with van der Waals surface area (Å²) in [5, 5.41) is 0. The summed E-state index contributed by atoms with van der Waals surface area (Å²) in [5.74, 6) is 0. The van der Waals surface area contributed by atoms with Crippen LogP contribution < -0.4 is 0 Å². The summed E-state index contributed by atoms with van der Waals surface area (Å²) in [4.78, 5) is 0. The van der Waals surface area contributed by atoms with Gasteiger partial charge < -0.3 is 4.74 Å². The van der Waals surface area contributed by atoms with Crippen molar-refractivity contribution in [2.75, 3.05) is 32.8 Å². The zero-order valence-corrected chi connectivity index (χ0v) is 12.7. The molecular formula is C13H26N2O3S. The Balaban J connectivity index is 2.01. The van der Waals surface area contributed by atoms with E-state index in [1.807, 2.05) is 6.92 Å². The van der Waals surface area contributed by atoms with E-state index in [0.29, 0.717) is 32.8 Å². The van der Waals surface area contributed by atoms with Crippen molar-refractivity contribution in [2.24, 2.45) is 0 Å². The SMILES string of the molecule is CCOC1CCCN(S(=O)(=O)N2CCCCCC2)C1. The largest absolute Gasteiger partial charge is 0.377 e. The molecule has 6 heteroatoms. The number of nitrogens with zero attached hydrogens (tertiary/aromatic N) is 2. The van der Waals surface area contributed by atoms with Gasteiger partial charge in [-0.25, -0.2) is 0 Å². The summed E-state index contributed by atoms with van der Waals surface area (Å²) in [6.07, 6.45) is 6.21. The van der Waals surface area contributed by atoms with Gasteiger partial charge in [0.1, 0.15) is 0 Å². The highest BCUT2D eigenvalue weighted by atomic mass is 32.2. The molecule has 0 spiro atoms. The number of piperidine rings is 1. The van der Waals surface area contributed by atoms with Gasteiger partial charge in [-0.15, -0.1) is 0 Å². The summed E-state index contributed by atoms with van der Waals surface area (Å²) in [7, 11) is -3.27. The number of rotatable bonds is 4. The molecule has 1 unspecified atom stereocenters. The Hall–Kier alpha value is -0.170. The van der Waals surface area contributed by atoms with Gasteiger partial charge in [-0.2, -0.15) is 17.0 Å². The molecule has 0 aliphatic carbocycles. The second kappa shape index (κ2) is 7.02. The standard InChI is InChI=1S/C13H26N2O3S/c1-2-18-13-8-7-11-15(12-13)19(16,17)14-9-5-3-4-6-10-14/h13H,2-12H2,1H3. The predicted molar refractivity (Wildman–Crippen MR) is 75.2 cm³/mol. The number of hydrogen-bond acceptors (Lipinski definition) is 3. The van der Waals surface area contributed by atoms with Crippen molar-refractivity contribution in [3.8, 4) is 0 Å². The van der Waals surface area contributed by atoms with E-state index in [2.05, 4.69) is 0 Å². The van der Waals surface area contributed by atoms with E-state index in [1.165, 1.54) is 0 Å². The van der Waals surface area contributed by atoms with Crippen molar-refractivity contribution >= 4 is 10.2 Å². The van der Waals surface area contributed by atoms with Crippen LogP contribution in [0.4, 0.5) is 0 Å². The first-order valence-corrected chi connectivity index (χ1v) is 8.91. The first-order valence-electron chi connectivity index (χ1n) is 7.51. The van der Waals surface area contributed by atoms with Crippen LogP contribution in [-0.4, -0.2) is 55.9 Å². The van der Waals surface area contributed by atoms with E-state index >= 15 is 0 Å². The molecule has 1 atom stereocenters. The van der Waals surface area contributed by atoms with Gasteiger partial charge in [0.05, 0.1) is 6.10 Å². The Kier molecular flexibility index (Phi) is 5.62. The van der Waals surface area contributed by atoms with Crippen molar-refractivity contribution in [3.63, 3.8) is 0 Å². The molecule has 2 saturated heterocycles. The molecule has 2 heterocycles. The van der Waals surface area contributed by atoms with E-state index in [0.717, 1.165) is 38.5 Å². The Morgan fingerprint density at radius 3 is 2.26 bits per heavy atom. The third-order valence-electron chi connectivity index (χ3n) is 3.96. The van der Waals surface area contributed by atoms with Crippen LogP contribution in [0.5, 0.6) is 0 Å². The van der Waals surface area contributed by atoms with E-state index in [9.17, 15) is 8.42 Å². The lowest BCUT2D eigenvalue weighted by Crippen LogP contribution is -2.50. The van der Waals surface area contributed by atoms with E-state index in [4.69, 9.17) is 4.74 Å². The first kappa shape index (κ1) is 15.2. The van der Waals surface area contributed by atoms with Crippen LogP contribution in [0.3, 0.4) is 0 Å². The van der Waals surface area contributed by atoms with Gasteiger partial charge >= 0.3 is 0 Å². The average molecular weight is 290 g/mol. The molecule has 112 valence electrons. The second-order valence-electron chi connectivity index (χ2n) is 5.40. The Morgan fingerprint density at radius 1 is 1.00 bits per heavy atom. The minimum absolute atomic E-state index is 0.0699. The van der Waals surface area contributed by atoms with Crippen LogP contribution in [0.2, 0.25) is 0 Å². The Labute approximate surface area is 117 Å². The second-order valence-corrected chi connectivity index (χ2v) is 7.33. The normalized spacial score (nSPS) is 28.2. The fourth-order valence-corrected chi connectivity index (χ4v) is 4.68. The minimum atomic E-state index is -3.27. The van der Waals surface area contributed by atoms with Gasteiger partial charge in [-0.05, 0) is 32.6 Å². The lowest BCUT2D eigenvalue weighted by molar-refractivity contribution is 0.0251. The maximum atomic E-state index is 12.6. The van der Waals surface area contributed by atoms with Crippen molar-refractivity contribution in [3.05, 3.63) is 0 Å². The third-order valence-corrected chi connectivity index (χ3v) is 5.96. The summed E-state index contributed by atoms with van der Waals surface area (Å²) >= 11 is 0. The van der Waals surface area contributed by atoms with Crippen molar-refractivity contribution < 1.29 is 13.2 Å². The fraction of sp³-hybridized carbons (Fsp3) is 1.00. The van der Waals surface area contributed by atoms with Gasteiger partial charge in [-0.1, -0.05) is 12.8 Å². The summed E-state index contributed by atoms with van der Waals surface area (Å²) < 4.78 is 34.2. The van der Waals surface area contributed by atoms with Crippen LogP contribution in [0, 0.1) is 0 Å². The average Bonchev–Trinajstić information content (AvgIpc) is 2.69. The number of hydrogen-bond donors (Lipinski definition) is 0. The van der Waals surface area contributed by atoms with Crippen LogP contribution in [-0.2, 0) is 14.9 Å². The van der Waals surface area contributed by atoms with Gasteiger partial charge in [0.15, 0.2) is 0 Å². The Morgan fingerprint density at radius 2 is 1.63 bits per heavy atom. The summed E-state index contributed by atoms with van der Waals surface area (Å²) in [6.45, 7) is 5.13. The third kappa shape index (κ3) is 3.90. The van der Waals surface area contributed by atoms with E-state index < -0.39 is 10.2 Å². The van der Waals surface area contributed by atoms with Crippen LogP contribution in [0.15, 0.2) is 0 Å². The molecule has 19 heavy (non-hydrogen) atoms. The molecule has 0 radical (unpaired) electrons. The van der Waals surface area contributed by atoms with Crippen LogP contribution in [0.25, 0.3) is 0 Å². The molecule has 0 aromatic carbocycles. The predicted octanol–water partition coefficient (Wildman–Crippen LogP) is 1.61. The molecule has 2 aliphatic rings. The maximum Gasteiger partial charge on any atom is 0.282 e. The highest BCUT2D eigenvalue weighted by Gasteiger charge is 2.33. The molecule has 2 rings (SSSR count). The zero-order chi connectivity index (χ0) is 13.7. The minimum Gasteiger partial charge on any atom is -0.377 e. The van der Waals surface area contributed by atoms with Gasteiger partial charge in [0, 0.05) is 32.8 Å². The summed E-state index contributed by atoms with van der Waals surface area (Å²) in [6, 6.07) is 0. The van der Waals surface area contributed by atoms with Gasteiger partial charge in [-0.3, -0.25) is 0 Å². The van der Waals surface area contributed by atoms with Crippen LogP contribution >= 0.6 is 0 Å². The smallest absolute Gasteiger partial charge is 0.282 e. The highest BCUT2D eigenvalue weighted by molar-refractivity contribution is 7.86. The molecular weight excluding hydrogens is 264 g/mol. The quantitative estimate of drug-likeness (QED) is 0.790. The lowest BCUT2D eigenvalue weighted by Gasteiger charge is -2.35. The monoisotopic (exact) mass is 290 g/mol. The molecule has 0 bridgehead atoms. The number of ether oxygens (including phenoxy) is 1. The van der Waals surface area contributed by atoms with Crippen LogP contribution in [0.1, 0.15) is 45.4 Å². The topological polar surface area (TPSA) is 49.9 Å². The maximum absolute atomic E-state index is 12.6. The first-order chi connectivity index (χ1) is 9.14. The van der Waals surface area contributed by atoms with Crippen molar-refractivity contribution in [1.82, 2.24) is 8.61 Å². The fourth-order valence-electron chi connectivity index (χ4n) is 2.92. The molecule has 5 nitrogen and oxygen atoms in total. The van der Waals surface area contributed by atoms with Crippen molar-refractivity contribution in [2.45, 2.75) is 51.6 Å². The van der Waals surface area contributed by atoms with Crippen molar-refractivity contribution in [1.29, 1.82) is 0 Å². The molecule has 2 aliphatic heterocycles. The molecule has 0 saturated carbocycles. The molecule has 0 aromatic rings. The molecule has 2 fully saturated rings. The van der Waals surface area contributed by atoms with E-state index in [-0.39, 0.29) is 6.10 Å².